The fourth-order valence-corrected chi connectivity index (χ4v) is 2.36. The molecule has 27 heavy (non-hydrogen) atoms. The van der Waals surface area contributed by atoms with Gasteiger partial charge < -0.3 is 20.3 Å². The molecule has 1 atom stereocenters. The minimum absolute atomic E-state index is 0. The molecule has 5 nitrogen and oxygen atoms in total. The van der Waals surface area contributed by atoms with Gasteiger partial charge in [0.1, 0.15) is 6.10 Å². The van der Waals surface area contributed by atoms with Crippen molar-refractivity contribution in [3.63, 3.8) is 0 Å². The van der Waals surface area contributed by atoms with Crippen molar-refractivity contribution in [1.29, 1.82) is 0 Å². The van der Waals surface area contributed by atoms with Gasteiger partial charge in [0.05, 0.1) is 6.54 Å². The fraction of sp³-hybridized carbons (Fsp3) is 0.350. The van der Waals surface area contributed by atoms with E-state index in [2.05, 4.69) is 44.8 Å². The van der Waals surface area contributed by atoms with Crippen molar-refractivity contribution >= 4 is 35.6 Å². The summed E-state index contributed by atoms with van der Waals surface area (Å²) >= 11 is 0. The maximum absolute atomic E-state index is 13.6. The fourth-order valence-electron chi connectivity index (χ4n) is 2.36. The van der Waals surface area contributed by atoms with Gasteiger partial charge in [-0.1, -0.05) is 24.3 Å². The van der Waals surface area contributed by atoms with Crippen LogP contribution in [0.15, 0.2) is 53.5 Å². The van der Waals surface area contributed by atoms with E-state index in [1.54, 1.807) is 25.2 Å². The maximum Gasteiger partial charge on any atom is 0.191 e. The van der Waals surface area contributed by atoms with Crippen molar-refractivity contribution in [1.82, 2.24) is 10.6 Å². The first-order valence-corrected chi connectivity index (χ1v) is 8.61. The Balaban J connectivity index is 0.00000364. The highest BCUT2D eigenvalue weighted by Gasteiger charge is 2.09. The number of benzene rings is 2. The average molecular weight is 486 g/mol. The average Bonchev–Trinajstić information content (AvgIpc) is 2.64. The molecule has 0 saturated heterocycles. The van der Waals surface area contributed by atoms with Crippen LogP contribution in [0.4, 0.5) is 10.1 Å². The van der Waals surface area contributed by atoms with Gasteiger partial charge in [0.25, 0.3) is 0 Å². The first-order valence-electron chi connectivity index (χ1n) is 8.61. The summed E-state index contributed by atoms with van der Waals surface area (Å²) in [6.45, 7) is 3.05. The number of nitrogens with zero attached hydrogens (tertiary/aromatic N) is 2. The third-order valence-corrected chi connectivity index (χ3v) is 3.86. The van der Waals surface area contributed by atoms with Crippen molar-refractivity contribution < 1.29 is 9.13 Å². The van der Waals surface area contributed by atoms with Gasteiger partial charge in [-0.2, -0.15) is 0 Å². The minimum Gasteiger partial charge on any atom is -0.486 e. The summed E-state index contributed by atoms with van der Waals surface area (Å²) in [5, 5.41) is 6.45. The second-order valence-electron chi connectivity index (χ2n) is 6.23. The van der Waals surface area contributed by atoms with Crippen molar-refractivity contribution in [3.8, 4) is 5.75 Å². The van der Waals surface area contributed by atoms with Crippen LogP contribution in [0.5, 0.6) is 5.75 Å². The summed E-state index contributed by atoms with van der Waals surface area (Å²) in [6.07, 6.45) is -0.204. The van der Waals surface area contributed by atoms with Crippen LogP contribution in [-0.4, -0.2) is 39.8 Å². The summed E-state index contributed by atoms with van der Waals surface area (Å²) in [6, 6.07) is 14.7. The number of hydrogen-bond acceptors (Lipinski definition) is 3. The SMILES string of the molecule is CN=C(NCc1ccc(N(C)C)cc1)NCC(C)Oc1ccccc1F.I. The predicted octanol–water partition coefficient (Wildman–Crippen LogP) is 3.64. The lowest BCUT2D eigenvalue weighted by Gasteiger charge is -2.18. The summed E-state index contributed by atoms with van der Waals surface area (Å²) < 4.78 is 19.2. The maximum atomic E-state index is 13.6. The first-order chi connectivity index (χ1) is 12.5. The zero-order valence-corrected chi connectivity index (χ0v) is 18.5. The number of hydrogen-bond donors (Lipinski definition) is 2. The van der Waals surface area contributed by atoms with Crippen molar-refractivity contribution in [2.75, 3.05) is 32.6 Å². The van der Waals surface area contributed by atoms with Crippen molar-refractivity contribution in [2.24, 2.45) is 4.99 Å². The molecule has 1 unspecified atom stereocenters. The second kappa shape index (κ2) is 11.6. The number of nitrogens with one attached hydrogen (secondary N) is 2. The highest BCUT2D eigenvalue weighted by molar-refractivity contribution is 14.0. The molecule has 2 aromatic rings. The Hall–Kier alpha value is -2.03. The van der Waals surface area contributed by atoms with Gasteiger partial charge in [-0.3, -0.25) is 4.99 Å². The molecule has 0 spiro atoms. The van der Waals surface area contributed by atoms with Crippen LogP contribution in [0.1, 0.15) is 12.5 Å². The number of para-hydroxylation sites is 1. The summed E-state index contributed by atoms with van der Waals surface area (Å²) in [7, 11) is 5.75. The molecule has 0 radical (unpaired) electrons. The van der Waals surface area contributed by atoms with E-state index in [4.69, 9.17) is 4.74 Å². The zero-order chi connectivity index (χ0) is 18.9. The van der Waals surface area contributed by atoms with Gasteiger partial charge in [0.2, 0.25) is 0 Å². The molecule has 7 heteroatoms. The lowest BCUT2D eigenvalue weighted by atomic mass is 10.2. The molecule has 2 N–H and O–H groups in total. The Morgan fingerprint density at radius 2 is 1.78 bits per heavy atom. The van der Waals surface area contributed by atoms with Gasteiger partial charge in [0.15, 0.2) is 17.5 Å². The van der Waals surface area contributed by atoms with Crippen LogP contribution in [-0.2, 0) is 6.54 Å². The van der Waals surface area contributed by atoms with E-state index in [-0.39, 0.29) is 41.6 Å². The standard InChI is InChI=1S/C20H27FN4O.HI/c1-15(26-19-8-6-5-7-18(19)21)13-23-20(22-2)24-14-16-9-11-17(12-10-16)25(3)4;/h5-12,15H,13-14H2,1-4H3,(H2,22,23,24);1H. The second-order valence-corrected chi connectivity index (χ2v) is 6.23. The molecule has 0 aliphatic heterocycles. The van der Waals surface area contributed by atoms with E-state index in [1.807, 2.05) is 21.0 Å². The molecule has 2 rings (SSSR count). The molecule has 0 bridgehead atoms. The van der Waals surface area contributed by atoms with E-state index in [1.165, 1.54) is 6.07 Å². The lowest BCUT2D eigenvalue weighted by molar-refractivity contribution is 0.214. The van der Waals surface area contributed by atoms with E-state index in [9.17, 15) is 4.39 Å². The predicted molar refractivity (Wildman–Crippen MR) is 121 cm³/mol. The molecule has 0 fully saturated rings. The Labute approximate surface area is 178 Å². The Bertz CT molecular complexity index is 722. The molecule has 0 saturated carbocycles. The van der Waals surface area contributed by atoms with Crippen LogP contribution < -0.4 is 20.3 Å². The van der Waals surface area contributed by atoms with Crippen LogP contribution >= 0.6 is 24.0 Å². The topological polar surface area (TPSA) is 48.9 Å². The van der Waals surface area contributed by atoms with Crippen LogP contribution in [0.3, 0.4) is 0 Å². The van der Waals surface area contributed by atoms with Gasteiger partial charge in [-0.15, -0.1) is 24.0 Å². The molecular weight excluding hydrogens is 458 g/mol. The third kappa shape index (κ3) is 7.62. The number of guanidine groups is 1. The number of halogens is 2. The highest BCUT2D eigenvalue weighted by atomic mass is 127. The van der Waals surface area contributed by atoms with Crippen molar-refractivity contribution in [3.05, 3.63) is 59.9 Å². The van der Waals surface area contributed by atoms with Gasteiger partial charge >= 0.3 is 0 Å². The smallest absolute Gasteiger partial charge is 0.191 e. The van der Waals surface area contributed by atoms with E-state index < -0.39 is 0 Å². The van der Waals surface area contributed by atoms with Crippen LogP contribution in [0.2, 0.25) is 0 Å². The Morgan fingerprint density at radius 1 is 1.11 bits per heavy atom. The number of ether oxygens (including phenoxy) is 1. The van der Waals surface area contributed by atoms with Gasteiger partial charge in [-0.25, -0.2) is 4.39 Å². The molecule has 0 aliphatic carbocycles. The Morgan fingerprint density at radius 3 is 2.37 bits per heavy atom. The minimum atomic E-state index is -0.358. The monoisotopic (exact) mass is 486 g/mol. The van der Waals surface area contributed by atoms with Crippen molar-refractivity contribution in [2.45, 2.75) is 19.6 Å². The molecule has 0 aliphatic rings. The van der Waals surface area contributed by atoms with Crippen LogP contribution in [0.25, 0.3) is 0 Å². The molecular formula is C20H28FIN4O. The van der Waals surface area contributed by atoms with E-state index >= 15 is 0 Å². The van der Waals surface area contributed by atoms with Crippen LogP contribution in [0, 0.1) is 5.82 Å². The van der Waals surface area contributed by atoms with Gasteiger partial charge in [-0.05, 0) is 36.8 Å². The molecule has 0 aromatic heterocycles. The molecule has 0 amide bonds. The van der Waals surface area contributed by atoms with E-state index in [0.717, 1.165) is 11.3 Å². The molecule has 0 heterocycles. The molecule has 148 valence electrons. The van der Waals surface area contributed by atoms with Gasteiger partial charge in [0, 0.05) is 33.4 Å². The Kier molecular flexibility index (Phi) is 9.92. The van der Waals surface area contributed by atoms with E-state index in [0.29, 0.717) is 19.0 Å². The first kappa shape index (κ1) is 23.0. The summed E-state index contributed by atoms with van der Waals surface area (Å²) in [5.41, 5.74) is 2.32. The molecule has 2 aromatic carbocycles. The number of rotatable bonds is 7. The lowest BCUT2D eigenvalue weighted by Crippen LogP contribution is -2.41. The summed E-state index contributed by atoms with van der Waals surface area (Å²) in [5.74, 6) is 0.569. The summed E-state index contributed by atoms with van der Waals surface area (Å²) in [4.78, 5) is 6.27. The quantitative estimate of drug-likeness (QED) is 0.357. The third-order valence-electron chi connectivity index (χ3n) is 3.86. The zero-order valence-electron chi connectivity index (χ0n) is 16.2. The highest BCUT2D eigenvalue weighted by Crippen LogP contribution is 2.16. The largest absolute Gasteiger partial charge is 0.486 e. The number of aliphatic imine (C=N–C) groups is 1. The number of anilines is 1. The normalized spacial score (nSPS) is 12.0.